The molecule has 1 unspecified atom stereocenters. The van der Waals surface area contributed by atoms with Crippen LogP contribution in [0.15, 0.2) is 29.2 Å². The van der Waals surface area contributed by atoms with Crippen molar-refractivity contribution in [2.24, 2.45) is 5.92 Å². The standard InChI is InChI=1S/C18H25NO5S/c1-13(2)25(23,24)16-8-6-15(7-9-16)18(22)19-11-3-4-14(12-19)5-10-17(20)21/h6-9,13-14H,3-5,10-12H2,1-2H3,(H,20,21). The van der Waals surface area contributed by atoms with Crippen molar-refractivity contribution in [1.29, 1.82) is 0 Å². The van der Waals surface area contributed by atoms with Crippen LogP contribution in [0.2, 0.25) is 0 Å². The van der Waals surface area contributed by atoms with Crippen LogP contribution in [0.3, 0.4) is 0 Å². The van der Waals surface area contributed by atoms with Gasteiger partial charge in [0.1, 0.15) is 0 Å². The molecule has 6 nitrogen and oxygen atoms in total. The minimum absolute atomic E-state index is 0.119. The predicted octanol–water partition coefficient (Wildman–Crippen LogP) is 2.59. The van der Waals surface area contributed by atoms with Crippen molar-refractivity contribution in [3.8, 4) is 0 Å². The number of carbonyl (C=O) groups is 2. The highest BCUT2D eigenvalue weighted by Gasteiger charge is 2.25. The molecule has 7 heteroatoms. The number of nitrogens with zero attached hydrogens (tertiary/aromatic N) is 1. The van der Waals surface area contributed by atoms with Gasteiger partial charge in [-0.05, 0) is 63.3 Å². The molecule has 0 bridgehead atoms. The van der Waals surface area contributed by atoms with Gasteiger partial charge in [0.15, 0.2) is 9.84 Å². The fourth-order valence-corrected chi connectivity index (χ4v) is 4.11. The van der Waals surface area contributed by atoms with Gasteiger partial charge in [-0.3, -0.25) is 9.59 Å². The Labute approximate surface area is 148 Å². The van der Waals surface area contributed by atoms with Crippen LogP contribution in [0.4, 0.5) is 0 Å². The number of carboxylic acids is 1. The van der Waals surface area contributed by atoms with Crippen molar-refractivity contribution in [3.05, 3.63) is 29.8 Å². The fourth-order valence-electron chi connectivity index (χ4n) is 3.05. The minimum Gasteiger partial charge on any atom is -0.481 e. The van der Waals surface area contributed by atoms with Crippen LogP contribution in [0.25, 0.3) is 0 Å². The zero-order valence-corrected chi connectivity index (χ0v) is 15.5. The van der Waals surface area contributed by atoms with E-state index in [-0.39, 0.29) is 23.1 Å². The number of amides is 1. The molecule has 1 aliphatic rings. The molecule has 1 saturated heterocycles. The first-order valence-electron chi connectivity index (χ1n) is 8.57. The van der Waals surface area contributed by atoms with Crippen LogP contribution in [0, 0.1) is 5.92 Å². The summed E-state index contributed by atoms with van der Waals surface area (Å²) in [7, 11) is -3.35. The highest BCUT2D eigenvalue weighted by Crippen LogP contribution is 2.23. The van der Waals surface area contributed by atoms with E-state index in [0.717, 1.165) is 12.8 Å². The van der Waals surface area contributed by atoms with E-state index in [4.69, 9.17) is 5.11 Å². The minimum atomic E-state index is -3.35. The van der Waals surface area contributed by atoms with E-state index in [1.54, 1.807) is 30.9 Å². The SMILES string of the molecule is CC(C)S(=O)(=O)c1ccc(C(=O)N2CCCC(CCC(=O)O)C2)cc1. The quantitative estimate of drug-likeness (QED) is 0.834. The van der Waals surface area contributed by atoms with Gasteiger partial charge < -0.3 is 10.0 Å². The Balaban J connectivity index is 2.06. The Hall–Kier alpha value is -1.89. The molecule has 1 aliphatic heterocycles. The fraction of sp³-hybridized carbons (Fsp3) is 0.556. The normalized spacial score (nSPS) is 18.4. The Morgan fingerprint density at radius 2 is 1.88 bits per heavy atom. The summed E-state index contributed by atoms with van der Waals surface area (Å²) in [5.74, 6) is -0.742. The number of benzene rings is 1. The summed E-state index contributed by atoms with van der Waals surface area (Å²) in [5, 5.41) is 8.29. The van der Waals surface area contributed by atoms with Gasteiger partial charge in [0.25, 0.3) is 5.91 Å². The van der Waals surface area contributed by atoms with Gasteiger partial charge in [0.05, 0.1) is 10.1 Å². The van der Waals surface area contributed by atoms with E-state index in [1.165, 1.54) is 12.1 Å². The summed E-state index contributed by atoms with van der Waals surface area (Å²) in [6, 6.07) is 6.07. The van der Waals surface area contributed by atoms with E-state index < -0.39 is 21.1 Å². The van der Waals surface area contributed by atoms with Crippen molar-refractivity contribution < 1.29 is 23.1 Å². The van der Waals surface area contributed by atoms with Crippen LogP contribution in [-0.4, -0.2) is 48.6 Å². The molecule has 1 heterocycles. The first-order valence-corrected chi connectivity index (χ1v) is 10.1. The topological polar surface area (TPSA) is 91.8 Å². The smallest absolute Gasteiger partial charge is 0.303 e. The van der Waals surface area contributed by atoms with E-state index in [9.17, 15) is 18.0 Å². The number of likely N-dealkylation sites (tertiary alicyclic amines) is 1. The zero-order chi connectivity index (χ0) is 18.6. The number of aliphatic carboxylic acids is 1. The maximum Gasteiger partial charge on any atom is 0.303 e. The van der Waals surface area contributed by atoms with Crippen LogP contribution >= 0.6 is 0 Å². The van der Waals surface area contributed by atoms with E-state index in [2.05, 4.69) is 0 Å². The molecule has 0 aromatic heterocycles. The van der Waals surface area contributed by atoms with Gasteiger partial charge in [0, 0.05) is 25.1 Å². The van der Waals surface area contributed by atoms with E-state index >= 15 is 0 Å². The number of sulfone groups is 1. The number of carbonyl (C=O) groups excluding carboxylic acids is 1. The molecule has 1 atom stereocenters. The van der Waals surface area contributed by atoms with E-state index in [0.29, 0.717) is 25.1 Å². The van der Waals surface area contributed by atoms with Crippen LogP contribution in [-0.2, 0) is 14.6 Å². The molecule has 138 valence electrons. The largest absolute Gasteiger partial charge is 0.481 e. The molecule has 0 saturated carbocycles. The molecular formula is C18H25NO5S. The molecule has 0 radical (unpaired) electrons. The van der Waals surface area contributed by atoms with Crippen LogP contribution < -0.4 is 0 Å². The van der Waals surface area contributed by atoms with Gasteiger partial charge in [-0.25, -0.2) is 8.42 Å². The van der Waals surface area contributed by atoms with Crippen LogP contribution in [0.5, 0.6) is 0 Å². The van der Waals surface area contributed by atoms with Crippen molar-refractivity contribution in [2.75, 3.05) is 13.1 Å². The van der Waals surface area contributed by atoms with Gasteiger partial charge >= 0.3 is 5.97 Å². The summed E-state index contributed by atoms with van der Waals surface area (Å²) in [4.78, 5) is 25.3. The Morgan fingerprint density at radius 3 is 2.44 bits per heavy atom. The van der Waals surface area contributed by atoms with Gasteiger partial charge in [-0.15, -0.1) is 0 Å². The molecule has 1 N–H and O–H groups in total. The lowest BCUT2D eigenvalue weighted by Crippen LogP contribution is -2.40. The summed E-state index contributed by atoms with van der Waals surface area (Å²) in [6.45, 7) is 4.45. The highest BCUT2D eigenvalue weighted by atomic mass is 32.2. The summed E-state index contributed by atoms with van der Waals surface area (Å²) in [6.07, 6.45) is 2.48. The highest BCUT2D eigenvalue weighted by molar-refractivity contribution is 7.92. The van der Waals surface area contributed by atoms with Crippen molar-refractivity contribution >= 4 is 21.7 Å². The second-order valence-electron chi connectivity index (χ2n) is 6.81. The summed E-state index contributed by atoms with van der Waals surface area (Å²) >= 11 is 0. The van der Waals surface area contributed by atoms with Crippen LogP contribution in [0.1, 0.15) is 49.9 Å². The molecule has 0 spiro atoms. The van der Waals surface area contributed by atoms with Crippen molar-refractivity contribution in [3.63, 3.8) is 0 Å². The number of hydrogen-bond donors (Lipinski definition) is 1. The predicted molar refractivity (Wildman–Crippen MR) is 94.3 cm³/mol. The zero-order valence-electron chi connectivity index (χ0n) is 14.6. The van der Waals surface area contributed by atoms with Gasteiger partial charge in [-0.1, -0.05) is 0 Å². The molecule has 1 aromatic carbocycles. The molecule has 1 fully saturated rings. The average Bonchev–Trinajstić information content (AvgIpc) is 2.59. The maximum absolute atomic E-state index is 12.6. The number of piperidine rings is 1. The number of carboxylic acid groups (broad SMARTS) is 1. The monoisotopic (exact) mass is 367 g/mol. The maximum atomic E-state index is 12.6. The molecule has 25 heavy (non-hydrogen) atoms. The third kappa shape index (κ3) is 4.81. The van der Waals surface area contributed by atoms with Crippen molar-refractivity contribution in [2.45, 2.75) is 49.7 Å². The Morgan fingerprint density at radius 1 is 1.24 bits per heavy atom. The van der Waals surface area contributed by atoms with Gasteiger partial charge in [-0.2, -0.15) is 0 Å². The summed E-state index contributed by atoms with van der Waals surface area (Å²) < 4.78 is 24.3. The first kappa shape index (κ1) is 19.4. The lowest BCUT2D eigenvalue weighted by molar-refractivity contribution is -0.137. The Kier molecular flexibility index (Phi) is 6.21. The lowest BCUT2D eigenvalue weighted by atomic mass is 9.93. The lowest BCUT2D eigenvalue weighted by Gasteiger charge is -2.32. The molecule has 1 aromatic rings. The van der Waals surface area contributed by atoms with Crippen molar-refractivity contribution in [1.82, 2.24) is 4.90 Å². The van der Waals surface area contributed by atoms with E-state index in [1.807, 2.05) is 0 Å². The molecular weight excluding hydrogens is 342 g/mol. The third-order valence-corrected chi connectivity index (χ3v) is 6.79. The number of hydrogen-bond acceptors (Lipinski definition) is 4. The van der Waals surface area contributed by atoms with Gasteiger partial charge in [0.2, 0.25) is 0 Å². The second kappa shape index (κ2) is 7.99. The number of rotatable bonds is 6. The molecule has 2 rings (SSSR count). The molecule has 0 aliphatic carbocycles. The third-order valence-electron chi connectivity index (χ3n) is 4.62. The summed E-state index contributed by atoms with van der Waals surface area (Å²) in [5.41, 5.74) is 0.460. The average molecular weight is 367 g/mol. The second-order valence-corrected chi connectivity index (χ2v) is 9.31. The Bertz CT molecular complexity index is 724. The first-order chi connectivity index (χ1) is 11.7. The molecule has 1 amide bonds.